The van der Waals surface area contributed by atoms with Gasteiger partial charge in [-0.25, -0.2) is 0 Å². The second-order valence-electron chi connectivity index (χ2n) is 3.95. The zero-order valence-corrected chi connectivity index (χ0v) is 10.3. The van der Waals surface area contributed by atoms with E-state index in [9.17, 15) is 13.2 Å². The van der Waals surface area contributed by atoms with Crippen molar-refractivity contribution in [3.05, 3.63) is 41.6 Å². The van der Waals surface area contributed by atoms with Crippen LogP contribution in [0, 0.1) is 0 Å². The van der Waals surface area contributed by atoms with E-state index in [0.717, 1.165) is 6.08 Å². The lowest BCUT2D eigenvalue weighted by Gasteiger charge is -2.12. The maximum atomic E-state index is 12.8. The van der Waals surface area contributed by atoms with Gasteiger partial charge in [0, 0.05) is 12.1 Å². The molecule has 3 nitrogen and oxygen atoms in total. The summed E-state index contributed by atoms with van der Waals surface area (Å²) in [7, 11) is 1.47. The number of nitrogens with zero attached hydrogens (tertiary/aromatic N) is 1. The number of para-hydroxylation sites is 1. The molecule has 0 aromatic heterocycles. The molecule has 0 saturated heterocycles. The number of rotatable bonds is 2. The van der Waals surface area contributed by atoms with Gasteiger partial charge in [-0.2, -0.15) is 13.2 Å². The Hall–Kier alpha value is -1.98. The second-order valence-corrected chi connectivity index (χ2v) is 3.95. The minimum Gasteiger partial charge on any atom is -0.496 e. The van der Waals surface area contributed by atoms with Crippen LogP contribution in [0.3, 0.4) is 0 Å². The first kappa shape index (κ1) is 13.5. The molecule has 1 aliphatic heterocycles. The maximum absolute atomic E-state index is 12.8. The third-order valence-corrected chi connectivity index (χ3v) is 2.68. The summed E-state index contributed by atoms with van der Waals surface area (Å²) in [6, 6.07) is 6.87. The zero-order valence-electron chi connectivity index (χ0n) is 10.3. The lowest BCUT2D eigenvalue weighted by atomic mass is 10.1. The lowest BCUT2D eigenvalue weighted by molar-refractivity contribution is -0.0964. The summed E-state index contributed by atoms with van der Waals surface area (Å²) < 4.78 is 43.5. The standard InChI is InChI=1S/C13H13F3N2O/c1-19-11-5-3-2-4-9(11)10-8-12(13(14,15)16)18-7-6-17-10/h2-5,8,18H,6-7H2,1H3. The number of halogens is 3. The van der Waals surface area contributed by atoms with E-state index in [-0.39, 0.29) is 18.8 Å². The topological polar surface area (TPSA) is 33.6 Å². The molecule has 2 rings (SSSR count). The Bertz CT molecular complexity index is 521. The zero-order chi connectivity index (χ0) is 13.9. The Balaban J connectivity index is 2.44. The van der Waals surface area contributed by atoms with E-state index in [1.54, 1.807) is 24.3 Å². The van der Waals surface area contributed by atoms with Crippen molar-refractivity contribution in [1.29, 1.82) is 0 Å². The van der Waals surface area contributed by atoms with Crippen LogP contribution < -0.4 is 10.1 Å². The van der Waals surface area contributed by atoms with Crippen molar-refractivity contribution in [1.82, 2.24) is 5.32 Å². The van der Waals surface area contributed by atoms with Gasteiger partial charge in [-0.05, 0) is 18.2 Å². The van der Waals surface area contributed by atoms with E-state index in [1.807, 2.05) is 0 Å². The first-order valence-corrected chi connectivity index (χ1v) is 5.73. The van der Waals surface area contributed by atoms with Crippen LogP contribution in [0.2, 0.25) is 0 Å². The summed E-state index contributed by atoms with van der Waals surface area (Å²) in [4.78, 5) is 4.16. The van der Waals surface area contributed by atoms with Crippen molar-refractivity contribution in [2.45, 2.75) is 6.18 Å². The van der Waals surface area contributed by atoms with Crippen LogP contribution in [-0.2, 0) is 0 Å². The summed E-state index contributed by atoms with van der Waals surface area (Å²) in [5.74, 6) is 0.501. The van der Waals surface area contributed by atoms with Gasteiger partial charge in [-0.15, -0.1) is 0 Å². The number of alkyl halides is 3. The second kappa shape index (κ2) is 5.34. The van der Waals surface area contributed by atoms with Crippen LogP contribution >= 0.6 is 0 Å². The van der Waals surface area contributed by atoms with E-state index >= 15 is 0 Å². The highest BCUT2D eigenvalue weighted by Crippen LogP contribution is 2.26. The molecule has 19 heavy (non-hydrogen) atoms. The minimum absolute atomic E-state index is 0.157. The van der Waals surface area contributed by atoms with E-state index in [0.29, 0.717) is 11.3 Å². The molecular formula is C13H13F3N2O. The number of hydrogen-bond donors (Lipinski definition) is 1. The summed E-state index contributed by atoms with van der Waals surface area (Å²) in [6.45, 7) is 0.438. The van der Waals surface area contributed by atoms with Crippen LogP contribution in [-0.4, -0.2) is 32.1 Å². The highest BCUT2D eigenvalue weighted by molar-refractivity contribution is 6.11. The maximum Gasteiger partial charge on any atom is 0.430 e. The predicted molar refractivity (Wildman–Crippen MR) is 66.5 cm³/mol. The molecule has 1 N–H and O–H groups in total. The van der Waals surface area contributed by atoms with Crippen molar-refractivity contribution in [3.8, 4) is 5.75 Å². The Morgan fingerprint density at radius 1 is 1.26 bits per heavy atom. The molecule has 0 bridgehead atoms. The fourth-order valence-electron chi connectivity index (χ4n) is 1.80. The fraction of sp³-hybridized carbons (Fsp3) is 0.308. The number of hydrogen-bond acceptors (Lipinski definition) is 3. The first-order chi connectivity index (χ1) is 9.02. The summed E-state index contributed by atoms with van der Waals surface area (Å²) in [5, 5.41) is 2.34. The number of allylic oxidation sites excluding steroid dienone is 2. The molecular weight excluding hydrogens is 257 g/mol. The first-order valence-electron chi connectivity index (χ1n) is 5.73. The van der Waals surface area contributed by atoms with E-state index in [4.69, 9.17) is 4.74 Å². The molecule has 0 spiro atoms. The van der Waals surface area contributed by atoms with E-state index in [1.165, 1.54) is 7.11 Å². The SMILES string of the molecule is COc1ccccc1C1=NCCNC(C(F)(F)F)=C1. The summed E-state index contributed by atoms with van der Waals surface area (Å²) in [5.41, 5.74) is 0.0416. The summed E-state index contributed by atoms with van der Waals surface area (Å²) in [6.07, 6.45) is -3.39. The molecule has 0 fully saturated rings. The number of benzene rings is 1. The number of aliphatic imine (C=N–C) groups is 1. The van der Waals surface area contributed by atoms with Crippen LogP contribution in [0.25, 0.3) is 0 Å². The molecule has 1 aliphatic rings. The average Bonchev–Trinajstić information content (AvgIpc) is 2.64. The Morgan fingerprint density at radius 3 is 2.68 bits per heavy atom. The highest BCUT2D eigenvalue weighted by atomic mass is 19.4. The quantitative estimate of drug-likeness (QED) is 0.896. The molecule has 0 unspecified atom stereocenters. The van der Waals surface area contributed by atoms with Crippen molar-refractivity contribution in [2.75, 3.05) is 20.2 Å². The molecule has 6 heteroatoms. The van der Waals surface area contributed by atoms with Crippen LogP contribution in [0.15, 0.2) is 41.0 Å². The predicted octanol–water partition coefficient (Wildman–Crippen LogP) is 2.53. The van der Waals surface area contributed by atoms with Crippen LogP contribution in [0.1, 0.15) is 5.56 Å². The Morgan fingerprint density at radius 2 is 2.00 bits per heavy atom. The summed E-state index contributed by atoms with van der Waals surface area (Å²) >= 11 is 0. The third kappa shape index (κ3) is 3.07. The van der Waals surface area contributed by atoms with Gasteiger partial charge in [0.2, 0.25) is 0 Å². The van der Waals surface area contributed by atoms with Crippen LogP contribution in [0.4, 0.5) is 13.2 Å². The Labute approximate surface area is 108 Å². The minimum atomic E-state index is -4.41. The van der Waals surface area contributed by atoms with Crippen molar-refractivity contribution in [2.24, 2.45) is 4.99 Å². The number of methoxy groups -OCH3 is 1. The third-order valence-electron chi connectivity index (χ3n) is 2.68. The van der Waals surface area contributed by atoms with Crippen molar-refractivity contribution in [3.63, 3.8) is 0 Å². The van der Waals surface area contributed by atoms with Gasteiger partial charge >= 0.3 is 6.18 Å². The molecule has 102 valence electrons. The molecule has 1 heterocycles. The molecule has 0 aliphatic carbocycles. The lowest BCUT2D eigenvalue weighted by Crippen LogP contribution is -2.27. The monoisotopic (exact) mass is 270 g/mol. The molecule has 0 atom stereocenters. The average molecular weight is 270 g/mol. The highest BCUT2D eigenvalue weighted by Gasteiger charge is 2.34. The van der Waals surface area contributed by atoms with Gasteiger partial charge in [-0.3, -0.25) is 4.99 Å². The van der Waals surface area contributed by atoms with E-state index in [2.05, 4.69) is 10.3 Å². The molecule has 0 radical (unpaired) electrons. The van der Waals surface area contributed by atoms with Crippen molar-refractivity contribution >= 4 is 5.71 Å². The largest absolute Gasteiger partial charge is 0.496 e. The van der Waals surface area contributed by atoms with Gasteiger partial charge in [0.05, 0.1) is 19.4 Å². The molecule has 0 amide bonds. The van der Waals surface area contributed by atoms with Gasteiger partial charge < -0.3 is 10.1 Å². The van der Waals surface area contributed by atoms with Crippen molar-refractivity contribution < 1.29 is 17.9 Å². The molecule has 1 aromatic rings. The fourth-order valence-corrected chi connectivity index (χ4v) is 1.80. The van der Waals surface area contributed by atoms with E-state index < -0.39 is 11.9 Å². The normalized spacial score (nSPS) is 16.0. The smallest absolute Gasteiger partial charge is 0.430 e. The number of ether oxygens (including phenoxy) is 1. The van der Waals surface area contributed by atoms with Gasteiger partial charge in [0.25, 0.3) is 0 Å². The number of nitrogens with one attached hydrogen (secondary N) is 1. The van der Waals surface area contributed by atoms with Gasteiger partial charge in [-0.1, -0.05) is 12.1 Å². The van der Waals surface area contributed by atoms with Gasteiger partial charge in [0.1, 0.15) is 11.4 Å². The Kier molecular flexibility index (Phi) is 3.78. The van der Waals surface area contributed by atoms with Crippen LogP contribution in [0.5, 0.6) is 5.75 Å². The molecule has 1 aromatic carbocycles. The molecule has 0 saturated carbocycles. The van der Waals surface area contributed by atoms with Gasteiger partial charge in [0.15, 0.2) is 0 Å².